The fraction of sp³-hybridized carbons (Fsp3) is 0.391. The molecule has 33 heavy (non-hydrogen) atoms. The van der Waals surface area contributed by atoms with Crippen molar-refractivity contribution in [1.82, 2.24) is 5.32 Å². The number of amides is 2. The summed E-state index contributed by atoms with van der Waals surface area (Å²) in [5, 5.41) is 16.7. The minimum absolute atomic E-state index is 0.0465. The quantitative estimate of drug-likeness (QED) is 0.302. The van der Waals surface area contributed by atoms with Gasteiger partial charge < -0.3 is 20.3 Å². The van der Waals surface area contributed by atoms with Gasteiger partial charge in [0.15, 0.2) is 0 Å². The highest BCUT2D eigenvalue weighted by Crippen LogP contribution is 2.29. The van der Waals surface area contributed by atoms with Crippen molar-refractivity contribution in [1.29, 1.82) is 0 Å². The fourth-order valence-corrected chi connectivity index (χ4v) is 3.83. The van der Waals surface area contributed by atoms with Crippen molar-refractivity contribution in [3.8, 4) is 0 Å². The van der Waals surface area contributed by atoms with Crippen LogP contribution < -0.4 is 15.5 Å². The Morgan fingerprint density at radius 3 is 2.61 bits per heavy atom. The van der Waals surface area contributed by atoms with Crippen molar-refractivity contribution in [2.24, 2.45) is 0 Å². The first-order valence-corrected chi connectivity index (χ1v) is 11.3. The van der Waals surface area contributed by atoms with Gasteiger partial charge in [0.05, 0.1) is 10.5 Å². The second-order valence-corrected chi connectivity index (χ2v) is 8.02. The lowest BCUT2D eigenvalue weighted by molar-refractivity contribution is -0.384. The number of nitro benzene ring substituents is 1. The number of carbonyl (C=O) groups excluding carboxylic acids is 2. The molecule has 1 aliphatic rings. The molecule has 2 aromatic carbocycles. The maximum Gasteiger partial charge on any atom is 0.288 e. The molecule has 2 N–H and O–H groups in total. The monoisotopic (exact) mass is 474 g/mol. The van der Waals surface area contributed by atoms with Crippen LogP contribution in [0.1, 0.15) is 46.9 Å². The summed E-state index contributed by atoms with van der Waals surface area (Å²) in [5.74, 6) is -0.765. The molecular formula is C23H27ClN4O5. The lowest BCUT2D eigenvalue weighted by Crippen LogP contribution is -2.29. The molecule has 0 bridgehead atoms. The normalized spacial score (nSPS) is 13.1. The summed E-state index contributed by atoms with van der Waals surface area (Å²) in [6, 6.07) is 9.03. The number of carbonyl (C=O) groups is 2. The molecule has 10 heteroatoms. The van der Waals surface area contributed by atoms with Gasteiger partial charge in [-0.15, -0.1) is 0 Å². The van der Waals surface area contributed by atoms with Gasteiger partial charge in [0.25, 0.3) is 17.5 Å². The van der Waals surface area contributed by atoms with Crippen molar-refractivity contribution in [3.05, 3.63) is 62.7 Å². The van der Waals surface area contributed by atoms with Crippen LogP contribution in [0, 0.1) is 10.1 Å². The van der Waals surface area contributed by atoms with Gasteiger partial charge in [0.2, 0.25) is 0 Å². The highest BCUT2D eigenvalue weighted by atomic mass is 35.5. The largest absolute Gasteiger partial charge is 0.382 e. The third-order valence-corrected chi connectivity index (χ3v) is 5.63. The highest BCUT2D eigenvalue weighted by Gasteiger charge is 2.21. The highest BCUT2D eigenvalue weighted by molar-refractivity contribution is 6.32. The van der Waals surface area contributed by atoms with Crippen LogP contribution in [0.15, 0.2) is 36.4 Å². The zero-order valence-electron chi connectivity index (χ0n) is 18.4. The molecule has 2 amide bonds. The van der Waals surface area contributed by atoms with Crippen molar-refractivity contribution in [3.63, 3.8) is 0 Å². The van der Waals surface area contributed by atoms with E-state index in [9.17, 15) is 19.7 Å². The molecule has 176 valence electrons. The van der Waals surface area contributed by atoms with Gasteiger partial charge in [-0.25, -0.2) is 0 Å². The van der Waals surface area contributed by atoms with Crippen molar-refractivity contribution in [2.75, 3.05) is 43.1 Å². The van der Waals surface area contributed by atoms with Crippen LogP contribution in [0.3, 0.4) is 0 Å². The fourth-order valence-electron chi connectivity index (χ4n) is 3.64. The second-order valence-electron chi connectivity index (χ2n) is 7.61. The van der Waals surface area contributed by atoms with E-state index in [-0.39, 0.29) is 22.2 Å². The molecule has 0 saturated carbocycles. The number of anilines is 2. The number of halogens is 1. The summed E-state index contributed by atoms with van der Waals surface area (Å²) < 4.78 is 5.30. The van der Waals surface area contributed by atoms with E-state index >= 15 is 0 Å². The van der Waals surface area contributed by atoms with E-state index in [1.54, 1.807) is 12.1 Å². The van der Waals surface area contributed by atoms with Crippen LogP contribution in [0.2, 0.25) is 5.02 Å². The Morgan fingerprint density at radius 1 is 1.15 bits per heavy atom. The van der Waals surface area contributed by atoms with Crippen molar-refractivity contribution in [2.45, 2.75) is 26.2 Å². The zero-order chi connectivity index (χ0) is 23.8. The Balaban J connectivity index is 1.79. The average Bonchev–Trinajstić information content (AvgIpc) is 3.33. The van der Waals surface area contributed by atoms with Crippen LogP contribution in [0.5, 0.6) is 0 Å². The second kappa shape index (κ2) is 11.6. The van der Waals surface area contributed by atoms with Gasteiger partial charge in [0.1, 0.15) is 5.02 Å². The summed E-state index contributed by atoms with van der Waals surface area (Å²) >= 11 is 5.83. The topological polar surface area (TPSA) is 114 Å². The smallest absolute Gasteiger partial charge is 0.288 e. The standard InChI is InChI=1S/C23H27ClN4O5/c1-2-33-13-5-10-25-23(30)18-15-17(7-9-20(18)27-11-3-4-12-27)26-22(29)16-6-8-19(24)21(14-16)28(31)32/h6-9,14-15H,2-5,10-13H2,1H3,(H,25,30)(H,26,29). The molecule has 1 heterocycles. The number of nitrogens with zero attached hydrogens (tertiary/aromatic N) is 2. The average molecular weight is 475 g/mol. The van der Waals surface area contributed by atoms with Crippen molar-refractivity contribution >= 4 is 40.5 Å². The van der Waals surface area contributed by atoms with E-state index in [1.165, 1.54) is 12.1 Å². The van der Waals surface area contributed by atoms with Gasteiger partial charge >= 0.3 is 0 Å². The van der Waals surface area contributed by atoms with Gasteiger partial charge in [-0.3, -0.25) is 19.7 Å². The van der Waals surface area contributed by atoms with E-state index in [2.05, 4.69) is 15.5 Å². The van der Waals surface area contributed by atoms with Crippen LogP contribution in [0.25, 0.3) is 0 Å². The Kier molecular flexibility index (Phi) is 8.62. The predicted octanol–water partition coefficient (Wildman–Crippen LogP) is 4.26. The molecule has 1 fully saturated rings. The number of benzene rings is 2. The van der Waals surface area contributed by atoms with E-state index < -0.39 is 10.8 Å². The van der Waals surface area contributed by atoms with E-state index in [0.717, 1.165) is 37.7 Å². The summed E-state index contributed by atoms with van der Waals surface area (Å²) in [5.41, 5.74) is 1.45. The number of rotatable bonds is 10. The molecule has 0 unspecified atom stereocenters. The molecule has 3 rings (SSSR count). The van der Waals surface area contributed by atoms with Crippen LogP contribution >= 0.6 is 11.6 Å². The Labute approximate surface area is 197 Å². The van der Waals surface area contributed by atoms with Gasteiger partial charge in [0, 0.05) is 55.9 Å². The minimum atomic E-state index is -0.641. The number of nitrogens with one attached hydrogen (secondary N) is 2. The lowest BCUT2D eigenvalue weighted by atomic mass is 10.1. The first-order valence-electron chi connectivity index (χ1n) is 10.9. The zero-order valence-corrected chi connectivity index (χ0v) is 19.2. The van der Waals surface area contributed by atoms with Crippen LogP contribution in [-0.2, 0) is 4.74 Å². The first kappa shape index (κ1) is 24.5. The third-order valence-electron chi connectivity index (χ3n) is 5.31. The van der Waals surface area contributed by atoms with Gasteiger partial charge in [-0.2, -0.15) is 0 Å². The summed E-state index contributed by atoms with van der Waals surface area (Å²) in [6.45, 7) is 5.33. The summed E-state index contributed by atoms with van der Waals surface area (Å²) in [4.78, 5) is 38.3. The summed E-state index contributed by atoms with van der Waals surface area (Å²) in [7, 11) is 0. The molecule has 9 nitrogen and oxygen atoms in total. The Bertz CT molecular complexity index is 1020. The number of nitro groups is 1. The number of hydrogen-bond donors (Lipinski definition) is 2. The Hall–Kier alpha value is -3.17. The maximum absolute atomic E-state index is 12.9. The van der Waals surface area contributed by atoms with Crippen LogP contribution in [-0.4, -0.2) is 49.6 Å². The molecular weight excluding hydrogens is 448 g/mol. The molecule has 1 saturated heterocycles. The first-order chi connectivity index (χ1) is 15.9. The van der Waals surface area contributed by atoms with Crippen molar-refractivity contribution < 1.29 is 19.2 Å². The molecule has 0 aromatic heterocycles. The molecule has 0 spiro atoms. The third kappa shape index (κ3) is 6.43. The number of ether oxygens (including phenoxy) is 1. The van der Waals surface area contributed by atoms with Crippen LogP contribution in [0.4, 0.5) is 17.1 Å². The molecule has 0 atom stereocenters. The predicted molar refractivity (Wildman–Crippen MR) is 127 cm³/mol. The molecule has 2 aromatic rings. The van der Waals surface area contributed by atoms with Gasteiger partial charge in [-0.1, -0.05) is 11.6 Å². The van der Waals surface area contributed by atoms with E-state index in [1.807, 2.05) is 13.0 Å². The SMILES string of the molecule is CCOCCCNC(=O)c1cc(NC(=O)c2ccc(Cl)c([N+](=O)[O-])c2)ccc1N1CCCC1. The Morgan fingerprint density at radius 2 is 1.91 bits per heavy atom. The van der Waals surface area contributed by atoms with E-state index in [0.29, 0.717) is 37.4 Å². The minimum Gasteiger partial charge on any atom is -0.382 e. The van der Waals surface area contributed by atoms with E-state index in [4.69, 9.17) is 16.3 Å². The lowest BCUT2D eigenvalue weighted by Gasteiger charge is -2.22. The molecule has 0 aliphatic carbocycles. The number of hydrogen-bond acceptors (Lipinski definition) is 6. The van der Waals surface area contributed by atoms with Gasteiger partial charge in [-0.05, 0) is 56.5 Å². The molecule has 1 aliphatic heterocycles. The summed E-state index contributed by atoms with van der Waals surface area (Å²) in [6.07, 6.45) is 2.82. The maximum atomic E-state index is 12.9. The molecule has 0 radical (unpaired) electrons.